The maximum atomic E-state index is 12.9. The minimum absolute atomic E-state index is 0.104. The molecule has 1 unspecified atom stereocenters. The van der Waals surface area contributed by atoms with E-state index in [1.807, 2.05) is 0 Å². The van der Waals surface area contributed by atoms with Gasteiger partial charge in [0.1, 0.15) is 6.04 Å². The number of rotatable bonds is 4. The summed E-state index contributed by atoms with van der Waals surface area (Å²) in [6, 6.07) is -0.168. The molecule has 0 aromatic heterocycles. The van der Waals surface area contributed by atoms with E-state index in [1.54, 1.807) is 0 Å². The highest BCUT2D eigenvalue weighted by Gasteiger charge is 2.20. The van der Waals surface area contributed by atoms with E-state index < -0.39 is 40.9 Å². The van der Waals surface area contributed by atoms with Crippen molar-refractivity contribution in [1.29, 1.82) is 0 Å². The van der Waals surface area contributed by atoms with Crippen molar-refractivity contribution in [3.8, 4) is 0 Å². The van der Waals surface area contributed by atoms with Gasteiger partial charge in [-0.05, 0) is 18.6 Å². The van der Waals surface area contributed by atoms with E-state index in [0.717, 1.165) is 0 Å². The fourth-order valence-electron chi connectivity index (χ4n) is 1.27. The average Bonchev–Trinajstić information content (AvgIpc) is 2.31. The lowest BCUT2D eigenvalue weighted by atomic mass is 10.1. The third-order valence-corrected chi connectivity index (χ3v) is 2.26. The summed E-state index contributed by atoms with van der Waals surface area (Å²) in [5.74, 6) is -6.96. The van der Waals surface area contributed by atoms with Gasteiger partial charge in [0.2, 0.25) is 0 Å². The van der Waals surface area contributed by atoms with Gasteiger partial charge in [-0.1, -0.05) is 6.92 Å². The Balaban J connectivity index is 2.94. The van der Waals surface area contributed by atoms with E-state index in [1.165, 1.54) is 6.92 Å². The SMILES string of the molecule is CCC(NC(=O)c1cc(F)c(F)c(F)c1)C(=O)O. The van der Waals surface area contributed by atoms with Crippen molar-refractivity contribution in [2.45, 2.75) is 19.4 Å². The second kappa shape index (κ2) is 5.52. The Morgan fingerprint density at radius 1 is 1.28 bits per heavy atom. The first-order chi connectivity index (χ1) is 8.36. The molecule has 0 saturated heterocycles. The fraction of sp³-hybridized carbons (Fsp3) is 0.273. The van der Waals surface area contributed by atoms with Crippen LogP contribution < -0.4 is 5.32 Å². The zero-order valence-corrected chi connectivity index (χ0v) is 9.34. The molecule has 0 fully saturated rings. The van der Waals surface area contributed by atoms with Crippen LogP contribution in [0.3, 0.4) is 0 Å². The number of carbonyl (C=O) groups excluding carboxylic acids is 1. The molecule has 1 atom stereocenters. The number of hydrogen-bond acceptors (Lipinski definition) is 2. The molecule has 2 N–H and O–H groups in total. The van der Waals surface area contributed by atoms with Gasteiger partial charge < -0.3 is 10.4 Å². The number of hydrogen-bond donors (Lipinski definition) is 2. The van der Waals surface area contributed by atoms with Gasteiger partial charge in [-0.3, -0.25) is 4.79 Å². The number of carboxylic acids is 1. The summed E-state index contributed by atoms with van der Waals surface area (Å²) in [7, 11) is 0. The Bertz CT molecular complexity index is 467. The van der Waals surface area contributed by atoms with Crippen LogP contribution in [0.4, 0.5) is 13.2 Å². The minimum atomic E-state index is -1.68. The lowest BCUT2D eigenvalue weighted by Crippen LogP contribution is -2.40. The van der Waals surface area contributed by atoms with Crippen molar-refractivity contribution in [3.63, 3.8) is 0 Å². The first-order valence-corrected chi connectivity index (χ1v) is 5.05. The van der Waals surface area contributed by atoms with Gasteiger partial charge in [0, 0.05) is 5.56 Å². The molecule has 98 valence electrons. The molecule has 1 amide bonds. The number of nitrogens with one attached hydrogen (secondary N) is 1. The van der Waals surface area contributed by atoms with Gasteiger partial charge in [0.15, 0.2) is 17.5 Å². The summed E-state index contributed by atoms with van der Waals surface area (Å²) >= 11 is 0. The van der Waals surface area contributed by atoms with E-state index in [0.29, 0.717) is 12.1 Å². The molecule has 0 aliphatic rings. The van der Waals surface area contributed by atoms with Crippen molar-refractivity contribution in [1.82, 2.24) is 5.32 Å². The van der Waals surface area contributed by atoms with E-state index in [4.69, 9.17) is 5.11 Å². The lowest BCUT2D eigenvalue weighted by Gasteiger charge is -2.12. The molecule has 1 aromatic rings. The highest BCUT2D eigenvalue weighted by Crippen LogP contribution is 2.13. The smallest absolute Gasteiger partial charge is 0.326 e. The normalized spacial score (nSPS) is 12.0. The monoisotopic (exact) mass is 261 g/mol. The predicted octanol–water partition coefficient (Wildman–Crippen LogP) is 1.70. The van der Waals surface area contributed by atoms with Gasteiger partial charge in [-0.25, -0.2) is 18.0 Å². The second-order valence-electron chi connectivity index (χ2n) is 3.53. The van der Waals surface area contributed by atoms with Crippen molar-refractivity contribution >= 4 is 11.9 Å². The van der Waals surface area contributed by atoms with Gasteiger partial charge in [0.05, 0.1) is 0 Å². The van der Waals surface area contributed by atoms with E-state index >= 15 is 0 Å². The van der Waals surface area contributed by atoms with Gasteiger partial charge in [-0.15, -0.1) is 0 Å². The molecule has 4 nitrogen and oxygen atoms in total. The predicted molar refractivity (Wildman–Crippen MR) is 55.5 cm³/mol. The fourth-order valence-corrected chi connectivity index (χ4v) is 1.27. The molecule has 1 aromatic carbocycles. The maximum absolute atomic E-state index is 12.9. The molecule has 0 radical (unpaired) electrons. The first kappa shape index (κ1) is 14.0. The number of amides is 1. The van der Waals surface area contributed by atoms with Crippen LogP contribution in [0.15, 0.2) is 12.1 Å². The van der Waals surface area contributed by atoms with Crippen LogP contribution in [0, 0.1) is 17.5 Å². The van der Waals surface area contributed by atoms with Crippen LogP contribution >= 0.6 is 0 Å². The Kier molecular flexibility index (Phi) is 4.30. The lowest BCUT2D eigenvalue weighted by molar-refractivity contribution is -0.139. The van der Waals surface area contributed by atoms with Crippen LogP contribution in [0.5, 0.6) is 0 Å². The molecule has 0 saturated carbocycles. The summed E-state index contributed by atoms with van der Waals surface area (Å²) in [4.78, 5) is 22.2. The van der Waals surface area contributed by atoms with Gasteiger partial charge in [0.25, 0.3) is 5.91 Å². The zero-order chi connectivity index (χ0) is 13.9. The van der Waals surface area contributed by atoms with Gasteiger partial charge in [-0.2, -0.15) is 0 Å². The number of aliphatic carboxylic acids is 1. The Morgan fingerprint density at radius 3 is 2.17 bits per heavy atom. The average molecular weight is 261 g/mol. The molecular weight excluding hydrogens is 251 g/mol. The highest BCUT2D eigenvalue weighted by atomic mass is 19.2. The minimum Gasteiger partial charge on any atom is -0.480 e. The molecule has 18 heavy (non-hydrogen) atoms. The quantitative estimate of drug-likeness (QED) is 0.810. The number of halogens is 3. The molecule has 0 heterocycles. The third kappa shape index (κ3) is 2.99. The standard InChI is InChI=1S/C11H10F3NO3/c1-2-8(11(17)18)15-10(16)5-3-6(12)9(14)7(13)4-5/h3-4,8H,2H2,1H3,(H,15,16)(H,17,18). The number of carbonyl (C=O) groups is 2. The summed E-state index contributed by atoms with van der Waals surface area (Å²) in [6.07, 6.45) is 0.104. The molecular formula is C11H10F3NO3. The second-order valence-corrected chi connectivity index (χ2v) is 3.53. The third-order valence-electron chi connectivity index (χ3n) is 2.26. The van der Waals surface area contributed by atoms with Crippen LogP contribution in [-0.2, 0) is 4.79 Å². The van der Waals surface area contributed by atoms with Crippen LogP contribution in [0.1, 0.15) is 23.7 Å². The maximum Gasteiger partial charge on any atom is 0.326 e. The van der Waals surface area contributed by atoms with Crippen molar-refractivity contribution in [2.24, 2.45) is 0 Å². The molecule has 0 spiro atoms. The Hall–Kier alpha value is -2.05. The van der Waals surface area contributed by atoms with Crippen LogP contribution in [0.25, 0.3) is 0 Å². The Labute approximate surface area is 100 Å². The summed E-state index contributed by atoms with van der Waals surface area (Å²) in [5.41, 5.74) is -0.480. The first-order valence-electron chi connectivity index (χ1n) is 5.05. The summed E-state index contributed by atoms with van der Waals surface area (Å²) in [5, 5.41) is 10.8. The summed E-state index contributed by atoms with van der Waals surface area (Å²) < 4.78 is 38.4. The Morgan fingerprint density at radius 2 is 1.78 bits per heavy atom. The van der Waals surface area contributed by atoms with Crippen molar-refractivity contribution in [2.75, 3.05) is 0 Å². The molecule has 1 rings (SSSR count). The van der Waals surface area contributed by atoms with E-state index in [2.05, 4.69) is 5.32 Å². The molecule has 0 aliphatic heterocycles. The van der Waals surface area contributed by atoms with Crippen LogP contribution in [0.2, 0.25) is 0 Å². The zero-order valence-electron chi connectivity index (χ0n) is 9.34. The van der Waals surface area contributed by atoms with Crippen LogP contribution in [-0.4, -0.2) is 23.0 Å². The van der Waals surface area contributed by atoms with Crippen molar-refractivity contribution in [3.05, 3.63) is 35.1 Å². The molecule has 7 heteroatoms. The topological polar surface area (TPSA) is 66.4 Å². The van der Waals surface area contributed by atoms with E-state index in [9.17, 15) is 22.8 Å². The number of benzene rings is 1. The van der Waals surface area contributed by atoms with E-state index in [-0.39, 0.29) is 6.42 Å². The highest BCUT2D eigenvalue weighted by molar-refractivity contribution is 5.96. The molecule has 0 aliphatic carbocycles. The summed E-state index contributed by atoms with van der Waals surface area (Å²) in [6.45, 7) is 1.52. The molecule has 0 bridgehead atoms. The number of carboxylic acid groups (broad SMARTS) is 1. The van der Waals surface area contributed by atoms with Gasteiger partial charge >= 0.3 is 5.97 Å². The van der Waals surface area contributed by atoms with Crippen molar-refractivity contribution < 1.29 is 27.9 Å². The largest absolute Gasteiger partial charge is 0.480 e.